The quantitative estimate of drug-likeness (QED) is 0.812. The molecule has 2 aromatic rings. The molecule has 2 heteroatoms. The van der Waals surface area contributed by atoms with Crippen LogP contribution in [0.4, 0.5) is 5.69 Å². The van der Waals surface area contributed by atoms with Gasteiger partial charge in [0.05, 0.1) is 0 Å². The van der Waals surface area contributed by atoms with Crippen LogP contribution in [0.25, 0.3) is 0 Å². The number of benzene rings is 2. The lowest BCUT2D eigenvalue weighted by Crippen LogP contribution is -2.01. The summed E-state index contributed by atoms with van der Waals surface area (Å²) >= 11 is 2.35. The van der Waals surface area contributed by atoms with Crippen LogP contribution in [0, 0.1) is 17.4 Å². The summed E-state index contributed by atoms with van der Waals surface area (Å²) in [5, 5.41) is 3.48. The molecule has 0 amide bonds. The molecule has 0 saturated heterocycles. The highest BCUT2D eigenvalue weighted by Gasteiger charge is 1.99. The van der Waals surface area contributed by atoms with Crippen molar-refractivity contribution in [3.63, 3.8) is 0 Å². The lowest BCUT2D eigenvalue weighted by molar-refractivity contribution is 1.13. The third-order valence-electron chi connectivity index (χ3n) is 2.64. The lowest BCUT2D eigenvalue weighted by Gasteiger charge is -2.09. The maximum absolute atomic E-state index is 3.48. The molecule has 0 fully saturated rings. The van der Waals surface area contributed by atoms with E-state index in [1.807, 2.05) is 0 Å². The van der Waals surface area contributed by atoms with Gasteiger partial charge in [0.1, 0.15) is 0 Å². The van der Waals surface area contributed by atoms with Crippen molar-refractivity contribution in [2.75, 3.05) is 5.32 Å². The van der Waals surface area contributed by atoms with Gasteiger partial charge in [-0.05, 0) is 54.1 Å². The van der Waals surface area contributed by atoms with Gasteiger partial charge in [0.15, 0.2) is 0 Å². The lowest BCUT2D eigenvalue weighted by atomic mass is 10.1. The molecule has 17 heavy (non-hydrogen) atoms. The largest absolute Gasteiger partial charge is 0.380 e. The second kappa shape index (κ2) is 5.54. The second-order valence-electron chi connectivity index (χ2n) is 4.33. The summed E-state index contributed by atoms with van der Waals surface area (Å²) < 4.78 is 1.26. The highest BCUT2D eigenvalue weighted by atomic mass is 127. The predicted octanol–water partition coefficient (Wildman–Crippen LogP) is 4.52. The molecule has 0 bridgehead atoms. The zero-order chi connectivity index (χ0) is 12.3. The maximum atomic E-state index is 3.48. The third kappa shape index (κ3) is 3.46. The Balaban J connectivity index is 2.10. The van der Waals surface area contributed by atoms with E-state index in [0.717, 1.165) is 6.54 Å². The summed E-state index contributed by atoms with van der Waals surface area (Å²) in [6, 6.07) is 15.0. The van der Waals surface area contributed by atoms with E-state index in [2.05, 4.69) is 84.2 Å². The van der Waals surface area contributed by atoms with Crippen LogP contribution in [0.3, 0.4) is 0 Å². The van der Waals surface area contributed by atoms with Crippen molar-refractivity contribution in [1.82, 2.24) is 0 Å². The van der Waals surface area contributed by atoms with Gasteiger partial charge in [-0.3, -0.25) is 0 Å². The first-order valence-electron chi connectivity index (χ1n) is 5.71. The van der Waals surface area contributed by atoms with E-state index in [0.29, 0.717) is 0 Å². The standard InChI is InChI=1S/C15H16IN/c1-11-7-12(2)9-13(8-11)10-17-15-6-4-3-5-14(15)16/h3-9,17H,10H2,1-2H3. The molecule has 0 heterocycles. The molecule has 1 N–H and O–H groups in total. The van der Waals surface area contributed by atoms with Gasteiger partial charge in [-0.2, -0.15) is 0 Å². The first kappa shape index (κ1) is 12.4. The molecule has 0 saturated carbocycles. The zero-order valence-corrected chi connectivity index (χ0v) is 12.3. The van der Waals surface area contributed by atoms with Gasteiger partial charge in [0, 0.05) is 15.8 Å². The van der Waals surface area contributed by atoms with E-state index in [9.17, 15) is 0 Å². The molecule has 2 aromatic carbocycles. The van der Waals surface area contributed by atoms with E-state index in [4.69, 9.17) is 0 Å². The summed E-state index contributed by atoms with van der Waals surface area (Å²) in [7, 11) is 0. The van der Waals surface area contributed by atoms with Crippen molar-refractivity contribution in [3.05, 3.63) is 62.7 Å². The van der Waals surface area contributed by atoms with Crippen molar-refractivity contribution in [1.29, 1.82) is 0 Å². The molecule has 88 valence electrons. The number of rotatable bonds is 3. The molecule has 0 aliphatic rings. The number of anilines is 1. The van der Waals surface area contributed by atoms with Crippen LogP contribution < -0.4 is 5.32 Å². The predicted molar refractivity (Wildman–Crippen MR) is 82.4 cm³/mol. The third-order valence-corrected chi connectivity index (χ3v) is 3.58. The Kier molecular flexibility index (Phi) is 4.05. The normalized spacial score (nSPS) is 10.3. The molecule has 0 unspecified atom stereocenters. The molecule has 0 aromatic heterocycles. The van der Waals surface area contributed by atoms with E-state index >= 15 is 0 Å². The summed E-state index contributed by atoms with van der Waals surface area (Å²) in [5.74, 6) is 0. The Morgan fingerprint density at radius 1 is 1.00 bits per heavy atom. The Morgan fingerprint density at radius 3 is 2.29 bits per heavy atom. The van der Waals surface area contributed by atoms with Crippen LogP contribution in [-0.2, 0) is 6.54 Å². The minimum atomic E-state index is 0.878. The Bertz CT molecular complexity index is 500. The average molecular weight is 337 g/mol. The van der Waals surface area contributed by atoms with Gasteiger partial charge in [-0.1, -0.05) is 41.5 Å². The SMILES string of the molecule is Cc1cc(C)cc(CNc2ccccc2I)c1. The van der Waals surface area contributed by atoms with Crippen LogP contribution in [-0.4, -0.2) is 0 Å². The van der Waals surface area contributed by atoms with E-state index in [-0.39, 0.29) is 0 Å². The molecular weight excluding hydrogens is 321 g/mol. The van der Waals surface area contributed by atoms with Crippen molar-refractivity contribution < 1.29 is 0 Å². The van der Waals surface area contributed by atoms with E-state index in [1.54, 1.807) is 0 Å². The van der Waals surface area contributed by atoms with Gasteiger partial charge in [-0.15, -0.1) is 0 Å². The van der Waals surface area contributed by atoms with Gasteiger partial charge < -0.3 is 5.32 Å². The molecule has 0 aliphatic carbocycles. The minimum absolute atomic E-state index is 0.878. The summed E-state index contributed by atoms with van der Waals surface area (Å²) in [6.07, 6.45) is 0. The molecule has 2 rings (SSSR count). The highest BCUT2D eigenvalue weighted by Crippen LogP contribution is 2.18. The average Bonchev–Trinajstić information content (AvgIpc) is 2.27. The van der Waals surface area contributed by atoms with Crippen molar-refractivity contribution in [3.8, 4) is 0 Å². The number of hydrogen-bond donors (Lipinski definition) is 1. The molecular formula is C15H16IN. The van der Waals surface area contributed by atoms with Gasteiger partial charge in [0.25, 0.3) is 0 Å². The van der Waals surface area contributed by atoms with E-state index in [1.165, 1.54) is 25.9 Å². The van der Waals surface area contributed by atoms with Crippen LogP contribution in [0.2, 0.25) is 0 Å². The number of para-hydroxylation sites is 1. The zero-order valence-electron chi connectivity index (χ0n) is 10.1. The number of aryl methyl sites for hydroxylation is 2. The van der Waals surface area contributed by atoms with Gasteiger partial charge >= 0.3 is 0 Å². The fourth-order valence-electron chi connectivity index (χ4n) is 1.97. The van der Waals surface area contributed by atoms with Crippen molar-refractivity contribution in [2.45, 2.75) is 20.4 Å². The smallest absolute Gasteiger partial charge is 0.0478 e. The minimum Gasteiger partial charge on any atom is -0.380 e. The Labute approximate surface area is 116 Å². The van der Waals surface area contributed by atoms with Crippen LogP contribution in [0.5, 0.6) is 0 Å². The van der Waals surface area contributed by atoms with Crippen molar-refractivity contribution >= 4 is 28.3 Å². The van der Waals surface area contributed by atoms with Crippen molar-refractivity contribution in [2.24, 2.45) is 0 Å². The summed E-state index contributed by atoms with van der Waals surface area (Å²) in [5.41, 5.74) is 5.18. The van der Waals surface area contributed by atoms with Gasteiger partial charge in [0.2, 0.25) is 0 Å². The second-order valence-corrected chi connectivity index (χ2v) is 5.49. The fraction of sp³-hybridized carbons (Fsp3) is 0.200. The first-order chi connectivity index (χ1) is 8.15. The summed E-state index contributed by atoms with van der Waals surface area (Å²) in [4.78, 5) is 0. The molecule has 0 spiro atoms. The van der Waals surface area contributed by atoms with Crippen LogP contribution in [0.15, 0.2) is 42.5 Å². The molecule has 1 nitrogen and oxygen atoms in total. The summed E-state index contributed by atoms with van der Waals surface area (Å²) in [6.45, 7) is 5.16. The number of nitrogens with one attached hydrogen (secondary N) is 1. The van der Waals surface area contributed by atoms with E-state index < -0.39 is 0 Å². The topological polar surface area (TPSA) is 12.0 Å². The fourth-order valence-corrected chi connectivity index (χ4v) is 2.55. The highest BCUT2D eigenvalue weighted by molar-refractivity contribution is 14.1. The molecule has 0 radical (unpaired) electrons. The van der Waals surface area contributed by atoms with Gasteiger partial charge in [-0.25, -0.2) is 0 Å². The molecule has 0 aliphatic heterocycles. The monoisotopic (exact) mass is 337 g/mol. The maximum Gasteiger partial charge on any atom is 0.0478 e. The molecule has 0 atom stereocenters. The number of hydrogen-bond acceptors (Lipinski definition) is 1. The Morgan fingerprint density at radius 2 is 1.65 bits per heavy atom. The van der Waals surface area contributed by atoms with Crippen LogP contribution >= 0.6 is 22.6 Å². The Hall–Kier alpha value is -1.03. The first-order valence-corrected chi connectivity index (χ1v) is 6.78. The number of halogens is 1. The van der Waals surface area contributed by atoms with Crippen LogP contribution in [0.1, 0.15) is 16.7 Å².